The number of nitrogens with one attached hydrogen (secondary N) is 1. The predicted molar refractivity (Wildman–Crippen MR) is 108 cm³/mol. The van der Waals surface area contributed by atoms with Crippen LogP contribution in [-0.4, -0.2) is 26.7 Å². The van der Waals surface area contributed by atoms with E-state index in [-0.39, 0.29) is 5.91 Å². The molecule has 1 N–H and O–H groups in total. The summed E-state index contributed by atoms with van der Waals surface area (Å²) in [4.78, 5) is 11.8. The number of unbranched alkanes of at least 4 members (excludes halogenated alkanes) is 5. The van der Waals surface area contributed by atoms with Gasteiger partial charge < -0.3 is 14.8 Å². The number of ether oxygens (including phenoxy) is 2. The minimum absolute atomic E-state index is 0.0712. The molecule has 0 aliphatic heterocycles. The molecule has 0 aliphatic carbocycles. The lowest BCUT2D eigenvalue weighted by atomic mass is 10.1. The molecule has 0 saturated heterocycles. The van der Waals surface area contributed by atoms with E-state index < -0.39 is 0 Å². The molecule has 4 heteroatoms. The number of amides is 1. The molecule has 1 aromatic rings. The molecule has 26 heavy (non-hydrogen) atoms. The minimum atomic E-state index is -0.0712. The SMILES string of the molecule is CCCCCCCC=CC=CC(=O)NCCc1ccc(OC)c(OC)c1. The quantitative estimate of drug-likeness (QED) is 0.311. The molecular formula is C22H33NO3. The molecule has 1 rings (SSSR count). The number of carbonyl (C=O) groups excluding carboxylic acids is 1. The first-order valence-electron chi connectivity index (χ1n) is 9.53. The molecule has 0 aliphatic rings. The highest BCUT2D eigenvalue weighted by atomic mass is 16.5. The van der Waals surface area contributed by atoms with Crippen LogP contribution in [0.15, 0.2) is 42.5 Å². The van der Waals surface area contributed by atoms with Crippen molar-refractivity contribution >= 4 is 5.91 Å². The molecule has 0 radical (unpaired) electrons. The molecule has 0 atom stereocenters. The van der Waals surface area contributed by atoms with E-state index in [9.17, 15) is 4.79 Å². The third-order valence-electron chi connectivity index (χ3n) is 4.13. The third kappa shape index (κ3) is 9.30. The molecular weight excluding hydrogens is 326 g/mol. The zero-order chi connectivity index (χ0) is 19.0. The Morgan fingerprint density at radius 3 is 2.54 bits per heavy atom. The number of methoxy groups -OCH3 is 2. The predicted octanol–water partition coefficient (Wildman–Crippen LogP) is 4.84. The van der Waals surface area contributed by atoms with Gasteiger partial charge in [-0.2, -0.15) is 0 Å². The van der Waals surface area contributed by atoms with Crippen LogP contribution in [0.25, 0.3) is 0 Å². The van der Waals surface area contributed by atoms with Gasteiger partial charge in [0.1, 0.15) is 0 Å². The first-order valence-corrected chi connectivity index (χ1v) is 9.53. The number of carbonyl (C=O) groups is 1. The van der Waals surface area contributed by atoms with Crippen LogP contribution in [0.3, 0.4) is 0 Å². The van der Waals surface area contributed by atoms with Crippen LogP contribution in [0.2, 0.25) is 0 Å². The number of rotatable bonds is 13. The smallest absolute Gasteiger partial charge is 0.243 e. The Labute approximate surface area is 158 Å². The summed E-state index contributed by atoms with van der Waals surface area (Å²) >= 11 is 0. The van der Waals surface area contributed by atoms with Gasteiger partial charge in [0.15, 0.2) is 11.5 Å². The Morgan fingerprint density at radius 1 is 1.04 bits per heavy atom. The van der Waals surface area contributed by atoms with Gasteiger partial charge in [-0.05, 0) is 37.0 Å². The summed E-state index contributed by atoms with van der Waals surface area (Å²) < 4.78 is 10.5. The molecule has 4 nitrogen and oxygen atoms in total. The molecule has 1 aromatic carbocycles. The fourth-order valence-electron chi connectivity index (χ4n) is 2.61. The van der Waals surface area contributed by atoms with Gasteiger partial charge in [-0.1, -0.05) is 56.9 Å². The third-order valence-corrected chi connectivity index (χ3v) is 4.13. The highest BCUT2D eigenvalue weighted by Gasteiger charge is 2.04. The molecule has 0 bridgehead atoms. The van der Waals surface area contributed by atoms with Gasteiger partial charge in [0.25, 0.3) is 0 Å². The monoisotopic (exact) mass is 359 g/mol. The highest BCUT2D eigenvalue weighted by Crippen LogP contribution is 2.27. The Balaban J connectivity index is 2.22. The van der Waals surface area contributed by atoms with E-state index in [1.165, 1.54) is 32.1 Å². The number of allylic oxidation sites excluding steroid dienone is 3. The topological polar surface area (TPSA) is 47.6 Å². The zero-order valence-electron chi connectivity index (χ0n) is 16.4. The highest BCUT2D eigenvalue weighted by molar-refractivity contribution is 5.87. The summed E-state index contributed by atoms with van der Waals surface area (Å²) in [6.07, 6.45) is 15.7. The van der Waals surface area contributed by atoms with Crippen LogP contribution in [0.5, 0.6) is 11.5 Å². The zero-order valence-corrected chi connectivity index (χ0v) is 16.4. The van der Waals surface area contributed by atoms with Gasteiger partial charge in [-0.15, -0.1) is 0 Å². The van der Waals surface area contributed by atoms with Crippen LogP contribution in [0.4, 0.5) is 0 Å². The number of hydrogen-bond donors (Lipinski definition) is 1. The van der Waals surface area contributed by atoms with Crippen LogP contribution >= 0.6 is 0 Å². The number of benzene rings is 1. The van der Waals surface area contributed by atoms with Crippen molar-refractivity contribution in [3.8, 4) is 11.5 Å². The standard InChI is InChI=1S/C22H33NO3/c1-4-5-6-7-8-9-10-11-12-13-22(24)23-17-16-19-14-15-20(25-2)21(18-19)26-3/h10-15,18H,4-9,16-17H2,1-3H3,(H,23,24). The van der Waals surface area contributed by atoms with Crippen molar-refractivity contribution in [2.24, 2.45) is 0 Å². The summed E-state index contributed by atoms with van der Waals surface area (Å²) in [5.74, 6) is 1.34. The van der Waals surface area contributed by atoms with Crippen LogP contribution < -0.4 is 14.8 Å². The van der Waals surface area contributed by atoms with Gasteiger partial charge in [0, 0.05) is 12.6 Å². The Kier molecular flexibility index (Phi) is 11.7. The van der Waals surface area contributed by atoms with Gasteiger partial charge in [-0.3, -0.25) is 4.79 Å². The largest absolute Gasteiger partial charge is 0.493 e. The summed E-state index contributed by atoms with van der Waals surface area (Å²) in [6, 6.07) is 5.79. The van der Waals surface area contributed by atoms with Gasteiger partial charge in [0.05, 0.1) is 14.2 Å². The molecule has 0 saturated carbocycles. The first-order chi connectivity index (χ1) is 12.7. The maximum Gasteiger partial charge on any atom is 0.243 e. The molecule has 144 valence electrons. The molecule has 1 amide bonds. The van der Waals surface area contributed by atoms with E-state index in [1.807, 2.05) is 24.3 Å². The summed E-state index contributed by atoms with van der Waals surface area (Å²) in [5.41, 5.74) is 1.09. The van der Waals surface area contributed by atoms with Crippen molar-refractivity contribution in [3.63, 3.8) is 0 Å². The Hall–Kier alpha value is -2.23. The van der Waals surface area contributed by atoms with Crippen molar-refractivity contribution in [3.05, 3.63) is 48.1 Å². The molecule has 0 unspecified atom stereocenters. The fourth-order valence-corrected chi connectivity index (χ4v) is 2.61. The average Bonchev–Trinajstić information content (AvgIpc) is 2.66. The van der Waals surface area contributed by atoms with Gasteiger partial charge in [0.2, 0.25) is 5.91 Å². The van der Waals surface area contributed by atoms with E-state index in [0.717, 1.165) is 18.4 Å². The molecule has 0 spiro atoms. The lowest BCUT2D eigenvalue weighted by molar-refractivity contribution is -0.116. The first kappa shape index (κ1) is 21.8. The second-order valence-electron chi connectivity index (χ2n) is 6.22. The summed E-state index contributed by atoms with van der Waals surface area (Å²) in [7, 11) is 3.23. The Bertz CT molecular complexity index is 579. The van der Waals surface area contributed by atoms with E-state index >= 15 is 0 Å². The maximum atomic E-state index is 11.8. The van der Waals surface area contributed by atoms with Gasteiger partial charge >= 0.3 is 0 Å². The van der Waals surface area contributed by atoms with Gasteiger partial charge in [-0.25, -0.2) is 0 Å². The maximum absolute atomic E-state index is 11.8. The lowest BCUT2D eigenvalue weighted by Gasteiger charge is -2.09. The van der Waals surface area contributed by atoms with Crippen molar-refractivity contribution in [2.75, 3.05) is 20.8 Å². The average molecular weight is 360 g/mol. The normalized spacial score (nSPS) is 11.2. The molecule has 0 fully saturated rings. The van der Waals surface area contributed by atoms with Crippen molar-refractivity contribution in [1.82, 2.24) is 5.32 Å². The minimum Gasteiger partial charge on any atom is -0.493 e. The fraction of sp³-hybridized carbons (Fsp3) is 0.500. The summed E-state index contributed by atoms with van der Waals surface area (Å²) in [5, 5.41) is 2.89. The van der Waals surface area contributed by atoms with E-state index in [1.54, 1.807) is 26.4 Å². The second kappa shape index (κ2) is 14.0. The van der Waals surface area contributed by atoms with Crippen LogP contribution in [0.1, 0.15) is 51.0 Å². The molecule has 0 aromatic heterocycles. The van der Waals surface area contributed by atoms with Crippen molar-refractivity contribution < 1.29 is 14.3 Å². The lowest BCUT2D eigenvalue weighted by Crippen LogP contribution is -2.23. The molecule has 0 heterocycles. The van der Waals surface area contributed by atoms with Crippen molar-refractivity contribution in [1.29, 1.82) is 0 Å². The van der Waals surface area contributed by atoms with Crippen LogP contribution in [0, 0.1) is 0 Å². The number of hydrogen-bond acceptors (Lipinski definition) is 3. The Morgan fingerprint density at radius 2 is 1.81 bits per heavy atom. The van der Waals surface area contributed by atoms with E-state index in [2.05, 4.69) is 18.3 Å². The van der Waals surface area contributed by atoms with E-state index in [0.29, 0.717) is 18.0 Å². The van der Waals surface area contributed by atoms with Crippen molar-refractivity contribution in [2.45, 2.75) is 51.9 Å². The second-order valence-corrected chi connectivity index (χ2v) is 6.22. The van der Waals surface area contributed by atoms with Crippen LogP contribution in [-0.2, 0) is 11.2 Å². The summed E-state index contributed by atoms with van der Waals surface area (Å²) in [6.45, 7) is 2.81. The van der Waals surface area contributed by atoms with E-state index in [4.69, 9.17) is 9.47 Å².